The molecule has 2 saturated carbocycles. The molecule has 0 aromatic heterocycles. The lowest BCUT2D eigenvalue weighted by Gasteiger charge is -2.30. The first kappa shape index (κ1) is 16.0. The molecule has 2 bridgehead atoms. The third kappa shape index (κ3) is 3.39. The molecule has 0 aliphatic heterocycles. The second-order valence-corrected chi connectivity index (χ2v) is 6.79. The van der Waals surface area contributed by atoms with E-state index in [4.69, 9.17) is 0 Å². The van der Waals surface area contributed by atoms with E-state index in [1.165, 1.54) is 13.3 Å². The van der Waals surface area contributed by atoms with E-state index in [-0.39, 0.29) is 30.4 Å². The molecule has 5 heteroatoms. The minimum Gasteiger partial charge on any atom is -0.396 e. The summed E-state index contributed by atoms with van der Waals surface area (Å²) < 4.78 is 0. The van der Waals surface area contributed by atoms with E-state index in [1.54, 1.807) is 12.1 Å². The van der Waals surface area contributed by atoms with Crippen molar-refractivity contribution in [2.75, 3.05) is 6.61 Å². The van der Waals surface area contributed by atoms with Crippen LogP contribution in [0.5, 0.6) is 0 Å². The van der Waals surface area contributed by atoms with Crippen LogP contribution in [0.4, 0.5) is 0 Å². The minimum absolute atomic E-state index is 0.0712. The standard InChI is InChI=1S/C18H24N2O3/c1-11(22)19-9-12-2-4-13(5-3-12)18(23)20-17-15-7-6-14(8-15)16(17)10-21/h2-5,14-17,21H,6-10H2,1H3,(H,19,22)(H,20,23). The van der Waals surface area contributed by atoms with Crippen LogP contribution < -0.4 is 10.6 Å². The molecular formula is C18H24N2O3. The lowest BCUT2D eigenvalue weighted by molar-refractivity contribution is -0.119. The Hall–Kier alpha value is -1.88. The van der Waals surface area contributed by atoms with E-state index >= 15 is 0 Å². The van der Waals surface area contributed by atoms with Crippen molar-refractivity contribution < 1.29 is 14.7 Å². The van der Waals surface area contributed by atoms with Gasteiger partial charge in [0.1, 0.15) is 0 Å². The van der Waals surface area contributed by atoms with E-state index < -0.39 is 0 Å². The maximum absolute atomic E-state index is 12.5. The first-order valence-electron chi connectivity index (χ1n) is 8.33. The molecule has 2 aliphatic rings. The van der Waals surface area contributed by atoms with Crippen molar-refractivity contribution in [1.82, 2.24) is 10.6 Å². The fourth-order valence-electron chi connectivity index (χ4n) is 4.13. The zero-order valence-corrected chi connectivity index (χ0v) is 13.4. The predicted octanol–water partition coefficient (Wildman–Crippen LogP) is 1.46. The first-order valence-corrected chi connectivity index (χ1v) is 8.33. The molecule has 1 aromatic rings. The number of carbonyl (C=O) groups is 2. The Bertz CT molecular complexity index is 584. The van der Waals surface area contributed by atoms with Crippen molar-refractivity contribution >= 4 is 11.8 Å². The van der Waals surface area contributed by atoms with Gasteiger partial charge in [0.2, 0.25) is 5.91 Å². The van der Waals surface area contributed by atoms with Crippen LogP contribution in [0, 0.1) is 17.8 Å². The van der Waals surface area contributed by atoms with Gasteiger partial charge in [-0.05, 0) is 48.8 Å². The third-order valence-electron chi connectivity index (χ3n) is 5.35. The van der Waals surface area contributed by atoms with Gasteiger partial charge in [0.15, 0.2) is 0 Å². The number of aliphatic hydroxyl groups is 1. The maximum atomic E-state index is 12.5. The van der Waals surface area contributed by atoms with Crippen LogP contribution in [0.3, 0.4) is 0 Å². The highest BCUT2D eigenvalue weighted by Gasteiger charge is 2.47. The van der Waals surface area contributed by atoms with Crippen LogP contribution in [0.15, 0.2) is 24.3 Å². The Kier molecular flexibility index (Phi) is 4.66. The second kappa shape index (κ2) is 6.71. The van der Waals surface area contributed by atoms with Gasteiger partial charge in [-0.3, -0.25) is 9.59 Å². The number of amides is 2. The van der Waals surface area contributed by atoms with Gasteiger partial charge in [0.05, 0.1) is 0 Å². The monoisotopic (exact) mass is 316 g/mol. The van der Waals surface area contributed by atoms with Gasteiger partial charge in [-0.15, -0.1) is 0 Å². The molecule has 124 valence electrons. The number of nitrogens with one attached hydrogen (secondary N) is 2. The van der Waals surface area contributed by atoms with E-state index in [0.29, 0.717) is 23.9 Å². The summed E-state index contributed by atoms with van der Waals surface area (Å²) in [7, 11) is 0. The lowest BCUT2D eigenvalue weighted by Crippen LogP contribution is -2.45. The lowest BCUT2D eigenvalue weighted by atomic mass is 9.85. The van der Waals surface area contributed by atoms with Gasteiger partial charge in [-0.25, -0.2) is 0 Å². The van der Waals surface area contributed by atoms with Gasteiger partial charge in [0.25, 0.3) is 5.91 Å². The number of carbonyl (C=O) groups excluding carboxylic acids is 2. The fourth-order valence-corrected chi connectivity index (χ4v) is 4.13. The van der Waals surface area contributed by atoms with Gasteiger partial charge in [-0.1, -0.05) is 12.1 Å². The van der Waals surface area contributed by atoms with Crippen molar-refractivity contribution in [2.24, 2.45) is 17.8 Å². The quantitative estimate of drug-likeness (QED) is 0.769. The van der Waals surface area contributed by atoms with Crippen LogP contribution in [0.1, 0.15) is 42.1 Å². The maximum Gasteiger partial charge on any atom is 0.251 e. The van der Waals surface area contributed by atoms with Gasteiger partial charge < -0.3 is 15.7 Å². The molecule has 0 radical (unpaired) electrons. The normalized spacial score (nSPS) is 28.6. The molecule has 23 heavy (non-hydrogen) atoms. The van der Waals surface area contributed by atoms with E-state index in [9.17, 15) is 14.7 Å². The fraction of sp³-hybridized carbons (Fsp3) is 0.556. The van der Waals surface area contributed by atoms with Crippen molar-refractivity contribution in [1.29, 1.82) is 0 Å². The highest BCUT2D eigenvalue weighted by Crippen LogP contribution is 2.48. The average Bonchev–Trinajstić information content (AvgIpc) is 3.14. The Balaban J connectivity index is 1.61. The Morgan fingerprint density at radius 3 is 2.52 bits per heavy atom. The largest absolute Gasteiger partial charge is 0.396 e. The van der Waals surface area contributed by atoms with Crippen molar-refractivity contribution in [3.63, 3.8) is 0 Å². The summed E-state index contributed by atoms with van der Waals surface area (Å²) in [6.45, 7) is 2.10. The van der Waals surface area contributed by atoms with E-state index in [0.717, 1.165) is 18.4 Å². The van der Waals surface area contributed by atoms with Crippen LogP contribution in [0.2, 0.25) is 0 Å². The topological polar surface area (TPSA) is 78.4 Å². The second-order valence-electron chi connectivity index (χ2n) is 6.79. The van der Waals surface area contributed by atoms with Crippen molar-refractivity contribution in [3.8, 4) is 0 Å². The summed E-state index contributed by atoms with van der Waals surface area (Å²) in [4.78, 5) is 23.4. The number of fused-ring (bicyclic) bond motifs is 2. The Morgan fingerprint density at radius 1 is 1.17 bits per heavy atom. The molecule has 4 unspecified atom stereocenters. The van der Waals surface area contributed by atoms with Gasteiger partial charge in [-0.2, -0.15) is 0 Å². The number of aliphatic hydroxyl groups excluding tert-OH is 1. The molecule has 4 atom stereocenters. The van der Waals surface area contributed by atoms with Crippen molar-refractivity contribution in [3.05, 3.63) is 35.4 Å². The summed E-state index contributed by atoms with van der Waals surface area (Å²) in [6, 6.07) is 7.39. The van der Waals surface area contributed by atoms with E-state index in [2.05, 4.69) is 10.6 Å². The molecule has 3 rings (SSSR count). The third-order valence-corrected chi connectivity index (χ3v) is 5.35. The predicted molar refractivity (Wildman–Crippen MR) is 86.6 cm³/mol. The number of hydrogen-bond acceptors (Lipinski definition) is 3. The molecule has 0 heterocycles. The highest BCUT2D eigenvalue weighted by molar-refractivity contribution is 5.94. The van der Waals surface area contributed by atoms with Crippen molar-refractivity contribution in [2.45, 2.75) is 38.8 Å². The van der Waals surface area contributed by atoms with E-state index in [1.807, 2.05) is 12.1 Å². The molecular weight excluding hydrogens is 292 g/mol. The van der Waals surface area contributed by atoms with Gasteiger partial charge in [0, 0.05) is 37.6 Å². The smallest absolute Gasteiger partial charge is 0.251 e. The minimum atomic E-state index is -0.0768. The van der Waals surface area contributed by atoms with Gasteiger partial charge >= 0.3 is 0 Å². The zero-order valence-electron chi connectivity index (χ0n) is 13.4. The molecule has 2 fully saturated rings. The van der Waals surface area contributed by atoms with Crippen LogP contribution in [0.25, 0.3) is 0 Å². The Labute approximate surface area is 136 Å². The average molecular weight is 316 g/mol. The molecule has 1 aromatic carbocycles. The number of rotatable bonds is 5. The molecule has 2 amide bonds. The first-order chi connectivity index (χ1) is 11.1. The summed E-state index contributed by atoms with van der Waals surface area (Å²) >= 11 is 0. The Morgan fingerprint density at radius 2 is 1.87 bits per heavy atom. The molecule has 2 aliphatic carbocycles. The molecule has 5 nitrogen and oxygen atoms in total. The number of hydrogen-bond donors (Lipinski definition) is 3. The SMILES string of the molecule is CC(=O)NCc1ccc(C(=O)NC2C3CCC(C3)C2CO)cc1. The zero-order chi connectivity index (χ0) is 16.4. The molecule has 3 N–H and O–H groups in total. The molecule has 0 saturated heterocycles. The van der Waals surface area contributed by atoms with Crippen LogP contribution in [-0.2, 0) is 11.3 Å². The summed E-state index contributed by atoms with van der Waals surface area (Å²) in [5.74, 6) is 1.14. The summed E-state index contributed by atoms with van der Waals surface area (Å²) in [5.41, 5.74) is 1.58. The molecule has 0 spiro atoms. The number of benzene rings is 1. The van der Waals surface area contributed by atoms with Crippen LogP contribution in [-0.4, -0.2) is 29.6 Å². The van der Waals surface area contributed by atoms with Crippen LogP contribution >= 0.6 is 0 Å². The highest BCUT2D eigenvalue weighted by atomic mass is 16.3. The summed E-state index contributed by atoms with van der Waals surface area (Å²) in [5, 5.41) is 15.5. The summed E-state index contributed by atoms with van der Waals surface area (Å²) in [6.07, 6.45) is 3.47.